The number of halogens is 3. The second-order valence-electron chi connectivity index (χ2n) is 3.82. The van der Waals surface area contributed by atoms with Crippen molar-refractivity contribution in [3.8, 4) is 11.5 Å². The van der Waals surface area contributed by atoms with Gasteiger partial charge in [0.05, 0.1) is 16.9 Å². The summed E-state index contributed by atoms with van der Waals surface area (Å²) in [6.45, 7) is 0. The van der Waals surface area contributed by atoms with E-state index in [9.17, 15) is 18.9 Å². The van der Waals surface area contributed by atoms with Gasteiger partial charge in [0, 0.05) is 5.56 Å². The van der Waals surface area contributed by atoms with Crippen molar-refractivity contribution in [3.05, 3.63) is 63.7 Å². The number of hydrogen-bond acceptors (Lipinski definition) is 3. The summed E-state index contributed by atoms with van der Waals surface area (Å²) in [7, 11) is 0. The summed E-state index contributed by atoms with van der Waals surface area (Å²) < 4.78 is 31.8. The van der Waals surface area contributed by atoms with E-state index in [0.717, 1.165) is 18.2 Å². The molecule has 0 aromatic heterocycles. The first-order valence-electron chi connectivity index (χ1n) is 5.48. The van der Waals surface area contributed by atoms with Crippen LogP contribution in [0.1, 0.15) is 5.56 Å². The van der Waals surface area contributed by atoms with Gasteiger partial charge in [-0.05, 0) is 24.3 Å². The van der Waals surface area contributed by atoms with Crippen LogP contribution in [0.4, 0.5) is 14.5 Å². The highest BCUT2D eigenvalue weighted by Gasteiger charge is 2.19. The quantitative estimate of drug-likeness (QED) is 0.477. The van der Waals surface area contributed by atoms with Gasteiger partial charge in [-0.1, -0.05) is 6.07 Å². The highest BCUT2D eigenvalue weighted by Crippen LogP contribution is 2.34. The van der Waals surface area contributed by atoms with Crippen molar-refractivity contribution in [2.75, 3.05) is 0 Å². The average molecular weight is 300 g/mol. The lowest BCUT2D eigenvalue weighted by Crippen LogP contribution is -1.97. The molecule has 0 radical (unpaired) electrons. The van der Waals surface area contributed by atoms with Gasteiger partial charge in [-0.25, -0.2) is 8.78 Å². The van der Waals surface area contributed by atoms with Crippen LogP contribution >= 0.6 is 11.6 Å². The molecule has 0 spiro atoms. The molecule has 0 unspecified atom stereocenters. The lowest BCUT2D eigenvalue weighted by atomic mass is 10.2. The van der Waals surface area contributed by atoms with Crippen molar-refractivity contribution in [3.63, 3.8) is 0 Å². The molecular formula is C13H8ClF2NO3. The van der Waals surface area contributed by atoms with E-state index in [-0.39, 0.29) is 22.9 Å². The van der Waals surface area contributed by atoms with E-state index in [2.05, 4.69) is 0 Å². The predicted octanol–water partition coefficient (Wildman–Crippen LogP) is 4.40. The number of nitro benzene ring substituents is 1. The van der Waals surface area contributed by atoms with Gasteiger partial charge in [0.1, 0.15) is 17.4 Å². The monoisotopic (exact) mass is 299 g/mol. The van der Waals surface area contributed by atoms with Gasteiger partial charge in [-0.15, -0.1) is 11.6 Å². The molecule has 0 bridgehead atoms. The molecule has 0 fully saturated rings. The third kappa shape index (κ3) is 2.85. The summed E-state index contributed by atoms with van der Waals surface area (Å²) in [6.07, 6.45) is 0. The Labute approximate surface area is 117 Å². The van der Waals surface area contributed by atoms with Crippen LogP contribution in [0.5, 0.6) is 11.5 Å². The predicted molar refractivity (Wildman–Crippen MR) is 69.1 cm³/mol. The molecule has 2 aromatic rings. The lowest BCUT2D eigenvalue weighted by molar-refractivity contribution is -0.385. The van der Waals surface area contributed by atoms with Gasteiger partial charge in [-0.3, -0.25) is 10.1 Å². The molecule has 0 saturated carbocycles. The molecule has 0 aliphatic carbocycles. The second kappa shape index (κ2) is 5.83. The normalized spacial score (nSPS) is 10.3. The third-order valence-electron chi connectivity index (χ3n) is 2.55. The number of hydrogen-bond donors (Lipinski definition) is 0. The van der Waals surface area contributed by atoms with E-state index in [4.69, 9.17) is 16.3 Å². The number of rotatable bonds is 4. The minimum absolute atomic E-state index is 0.0507. The maximum Gasteiger partial charge on any atom is 0.314 e. The SMILES string of the molecule is O=[N+]([O-])c1cc(F)ccc1Oc1cccc(F)c1CCl. The number of nitrogens with zero attached hydrogens (tertiary/aromatic N) is 1. The summed E-state index contributed by atoms with van der Waals surface area (Å²) in [5, 5.41) is 10.8. The van der Waals surface area contributed by atoms with Crippen LogP contribution in [0.2, 0.25) is 0 Å². The topological polar surface area (TPSA) is 52.4 Å². The van der Waals surface area contributed by atoms with E-state index in [0.29, 0.717) is 0 Å². The van der Waals surface area contributed by atoms with E-state index in [1.165, 1.54) is 18.2 Å². The molecule has 7 heteroatoms. The summed E-state index contributed by atoms with van der Waals surface area (Å²) in [5.41, 5.74) is -0.470. The average Bonchev–Trinajstić information content (AvgIpc) is 2.41. The fourth-order valence-corrected chi connectivity index (χ4v) is 1.86. The Morgan fingerprint density at radius 3 is 2.60 bits per heavy atom. The number of alkyl halides is 1. The van der Waals surface area contributed by atoms with E-state index in [1.807, 2.05) is 0 Å². The smallest absolute Gasteiger partial charge is 0.314 e. The van der Waals surface area contributed by atoms with Crippen LogP contribution in [0, 0.1) is 21.7 Å². The van der Waals surface area contributed by atoms with Gasteiger partial charge >= 0.3 is 5.69 Å². The molecule has 20 heavy (non-hydrogen) atoms. The van der Waals surface area contributed by atoms with Gasteiger partial charge in [0.25, 0.3) is 0 Å². The standard InChI is InChI=1S/C13H8ClF2NO3/c14-7-9-10(16)2-1-3-12(9)20-13-5-4-8(15)6-11(13)17(18)19/h1-6H,7H2. The van der Waals surface area contributed by atoms with Crippen molar-refractivity contribution >= 4 is 17.3 Å². The summed E-state index contributed by atoms with van der Waals surface area (Å²) in [4.78, 5) is 10.1. The number of benzene rings is 2. The Bertz CT molecular complexity index is 664. The fraction of sp³-hybridized carbons (Fsp3) is 0.0769. The van der Waals surface area contributed by atoms with Crippen molar-refractivity contribution in [1.82, 2.24) is 0 Å². The fourth-order valence-electron chi connectivity index (χ4n) is 1.60. The molecular weight excluding hydrogens is 292 g/mol. The first-order chi connectivity index (χ1) is 9.52. The minimum atomic E-state index is -0.780. The van der Waals surface area contributed by atoms with Gasteiger partial charge in [0.2, 0.25) is 5.75 Å². The molecule has 0 N–H and O–H groups in total. The third-order valence-corrected chi connectivity index (χ3v) is 2.81. The first kappa shape index (κ1) is 14.2. The summed E-state index contributed by atoms with van der Waals surface area (Å²) in [5.74, 6) is -1.64. The molecule has 104 valence electrons. The first-order valence-corrected chi connectivity index (χ1v) is 6.01. The van der Waals surface area contributed by atoms with Gasteiger partial charge in [-0.2, -0.15) is 0 Å². The maximum absolute atomic E-state index is 13.5. The molecule has 2 rings (SSSR count). The minimum Gasteiger partial charge on any atom is -0.450 e. The highest BCUT2D eigenvalue weighted by molar-refractivity contribution is 6.17. The van der Waals surface area contributed by atoms with Crippen LogP contribution in [0.3, 0.4) is 0 Å². The van der Waals surface area contributed by atoms with Crippen LogP contribution in [0.25, 0.3) is 0 Å². The highest BCUT2D eigenvalue weighted by atomic mass is 35.5. The molecule has 0 aliphatic rings. The molecule has 2 aromatic carbocycles. The van der Waals surface area contributed by atoms with Gasteiger partial charge in [0.15, 0.2) is 0 Å². The molecule has 0 heterocycles. The molecule has 0 aliphatic heterocycles. The van der Waals surface area contributed by atoms with E-state index < -0.39 is 22.2 Å². The van der Waals surface area contributed by atoms with Crippen LogP contribution in [0.15, 0.2) is 36.4 Å². The largest absolute Gasteiger partial charge is 0.450 e. The molecule has 0 saturated heterocycles. The second-order valence-corrected chi connectivity index (χ2v) is 4.09. The van der Waals surface area contributed by atoms with E-state index in [1.54, 1.807) is 0 Å². The Hall–Kier alpha value is -2.21. The zero-order valence-electron chi connectivity index (χ0n) is 9.98. The number of nitro groups is 1. The molecule has 4 nitrogen and oxygen atoms in total. The van der Waals surface area contributed by atoms with Crippen molar-refractivity contribution in [1.29, 1.82) is 0 Å². The lowest BCUT2D eigenvalue weighted by Gasteiger charge is -2.10. The summed E-state index contributed by atoms with van der Waals surface area (Å²) >= 11 is 5.62. The number of ether oxygens (including phenoxy) is 1. The zero-order valence-corrected chi connectivity index (χ0v) is 10.7. The van der Waals surface area contributed by atoms with Gasteiger partial charge < -0.3 is 4.74 Å². The Balaban J connectivity index is 2.45. The molecule has 0 amide bonds. The van der Waals surface area contributed by atoms with Crippen LogP contribution in [-0.4, -0.2) is 4.92 Å². The van der Waals surface area contributed by atoms with Crippen LogP contribution < -0.4 is 4.74 Å². The zero-order chi connectivity index (χ0) is 14.7. The van der Waals surface area contributed by atoms with E-state index >= 15 is 0 Å². The molecule has 0 atom stereocenters. The summed E-state index contributed by atoms with van der Waals surface area (Å²) in [6, 6.07) is 6.86. The Morgan fingerprint density at radius 2 is 1.95 bits per heavy atom. The van der Waals surface area contributed by atoms with Crippen LogP contribution in [-0.2, 0) is 5.88 Å². The Morgan fingerprint density at radius 1 is 1.20 bits per heavy atom. The van der Waals surface area contributed by atoms with Crippen molar-refractivity contribution < 1.29 is 18.4 Å². The maximum atomic E-state index is 13.5. The Kier molecular flexibility index (Phi) is 4.14. The van der Waals surface area contributed by atoms with Crippen molar-refractivity contribution in [2.45, 2.75) is 5.88 Å². The van der Waals surface area contributed by atoms with Crippen molar-refractivity contribution in [2.24, 2.45) is 0 Å².